The first-order valence-electron chi connectivity index (χ1n) is 12.7. The summed E-state index contributed by atoms with van der Waals surface area (Å²) in [6.07, 6.45) is 24.4. The summed E-state index contributed by atoms with van der Waals surface area (Å²) in [7, 11) is 0. The van der Waals surface area contributed by atoms with Crippen LogP contribution in [-0.4, -0.2) is 26.6 Å². The maximum atomic E-state index is 2.37. The molecule has 0 radical (unpaired) electrons. The molecule has 0 aromatic heterocycles. The third-order valence-electron chi connectivity index (χ3n) is 5.95. The van der Waals surface area contributed by atoms with Crippen LogP contribution in [-0.2, 0) is 0 Å². The van der Waals surface area contributed by atoms with Gasteiger partial charge < -0.3 is 0 Å². The first-order valence-corrected chi connectivity index (χ1v) is 15.7. The maximum Gasteiger partial charge on any atom is 0.0621 e. The van der Waals surface area contributed by atoms with Crippen molar-refractivity contribution < 1.29 is 0 Å². The van der Waals surface area contributed by atoms with Gasteiger partial charge in [0, 0.05) is 5.25 Å². The Labute approximate surface area is 191 Å². The zero-order valence-electron chi connectivity index (χ0n) is 19.4. The smallest absolute Gasteiger partial charge is 0.0621 e. The molecule has 28 heavy (non-hydrogen) atoms. The predicted octanol–water partition coefficient (Wildman–Crippen LogP) is 9.96. The highest BCUT2D eigenvalue weighted by Crippen LogP contribution is 2.50. The first kappa shape index (κ1) is 27.1. The third-order valence-corrected chi connectivity index (χ3v) is 10.8. The van der Waals surface area contributed by atoms with Crippen LogP contribution in [0.2, 0.25) is 0 Å². The van der Waals surface area contributed by atoms with Gasteiger partial charge in [-0.15, -0.1) is 23.5 Å². The van der Waals surface area contributed by atoms with E-state index in [1.165, 1.54) is 126 Å². The number of unbranched alkanes of at least 4 members (excludes halogenated alkanes) is 9. The van der Waals surface area contributed by atoms with Gasteiger partial charge in [0.25, 0.3) is 0 Å². The van der Waals surface area contributed by atoms with Gasteiger partial charge in [0.2, 0.25) is 0 Å². The summed E-state index contributed by atoms with van der Waals surface area (Å²) >= 11 is 7.08. The summed E-state index contributed by atoms with van der Waals surface area (Å²) in [5.74, 6) is 4.20. The van der Waals surface area contributed by atoms with Crippen LogP contribution in [0.3, 0.4) is 0 Å². The number of hydrogen-bond donors (Lipinski definition) is 0. The lowest BCUT2D eigenvalue weighted by atomic mass is 10.2. The highest BCUT2D eigenvalue weighted by atomic mass is 32.2. The van der Waals surface area contributed by atoms with Crippen LogP contribution >= 0.6 is 35.3 Å². The van der Waals surface area contributed by atoms with Crippen LogP contribution < -0.4 is 0 Å². The van der Waals surface area contributed by atoms with Crippen LogP contribution in [0.4, 0.5) is 0 Å². The van der Waals surface area contributed by atoms with Gasteiger partial charge in [-0.1, -0.05) is 91.4 Å². The molecule has 1 rings (SSSR count). The average Bonchev–Trinajstić information content (AvgIpc) is 2.90. The van der Waals surface area contributed by atoms with E-state index in [1.54, 1.807) is 0 Å². The summed E-state index contributed by atoms with van der Waals surface area (Å²) in [6.45, 7) is 6.98. The van der Waals surface area contributed by atoms with Crippen molar-refractivity contribution in [1.29, 1.82) is 0 Å². The highest BCUT2D eigenvalue weighted by Gasteiger charge is 2.35. The molecule has 3 heteroatoms. The van der Waals surface area contributed by atoms with Gasteiger partial charge in [-0.2, -0.15) is 11.8 Å². The molecular formula is C25H50S3. The summed E-state index contributed by atoms with van der Waals surface area (Å²) in [5.41, 5.74) is 0. The minimum atomic E-state index is 0.538. The molecular weight excluding hydrogens is 396 g/mol. The second-order valence-electron chi connectivity index (χ2n) is 8.73. The van der Waals surface area contributed by atoms with E-state index in [4.69, 9.17) is 0 Å². The monoisotopic (exact) mass is 446 g/mol. The van der Waals surface area contributed by atoms with Crippen molar-refractivity contribution in [2.45, 2.75) is 139 Å². The zero-order chi connectivity index (χ0) is 20.3. The first-order chi connectivity index (χ1) is 13.8. The largest absolute Gasteiger partial charge is 0.159 e. The molecule has 0 spiro atoms. The Bertz CT molecular complexity index is 318. The molecule has 1 atom stereocenters. The van der Waals surface area contributed by atoms with Crippen molar-refractivity contribution >= 4 is 35.3 Å². The lowest BCUT2D eigenvalue weighted by Crippen LogP contribution is -2.25. The normalized spacial score (nSPS) is 19.6. The predicted molar refractivity (Wildman–Crippen MR) is 139 cm³/mol. The fraction of sp³-hybridized carbons (Fsp3) is 1.00. The van der Waals surface area contributed by atoms with Crippen LogP contribution in [0.15, 0.2) is 0 Å². The summed E-state index contributed by atoms with van der Waals surface area (Å²) in [5, 5.41) is 0.926. The van der Waals surface area contributed by atoms with E-state index in [0.29, 0.717) is 4.08 Å². The average molecular weight is 447 g/mol. The molecule has 1 aliphatic carbocycles. The SMILES string of the molecule is CCCCCCSC1CCCCC(SCCCCCC)(SCCCCCC)C1. The molecule has 0 aromatic carbocycles. The van der Waals surface area contributed by atoms with Gasteiger partial charge in [-0.3, -0.25) is 0 Å². The minimum Gasteiger partial charge on any atom is -0.159 e. The fourth-order valence-corrected chi connectivity index (χ4v) is 9.26. The van der Waals surface area contributed by atoms with Crippen molar-refractivity contribution in [2.24, 2.45) is 0 Å². The molecule has 0 saturated heterocycles. The molecule has 1 aliphatic rings. The quantitative estimate of drug-likeness (QED) is 0.117. The Hall–Kier alpha value is 1.05. The molecule has 0 heterocycles. The van der Waals surface area contributed by atoms with E-state index in [0.717, 1.165) is 5.25 Å². The Morgan fingerprint density at radius 3 is 1.71 bits per heavy atom. The second-order valence-corrected chi connectivity index (χ2v) is 13.4. The van der Waals surface area contributed by atoms with E-state index in [9.17, 15) is 0 Å². The molecule has 0 N–H and O–H groups in total. The van der Waals surface area contributed by atoms with Crippen molar-refractivity contribution in [1.82, 2.24) is 0 Å². The van der Waals surface area contributed by atoms with E-state index in [2.05, 4.69) is 56.1 Å². The fourth-order valence-electron chi connectivity index (χ4n) is 4.12. The van der Waals surface area contributed by atoms with Crippen LogP contribution in [0, 0.1) is 0 Å². The topological polar surface area (TPSA) is 0 Å². The molecule has 0 aromatic rings. The van der Waals surface area contributed by atoms with Gasteiger partial charge in [0.1, 0.15) is 0 Å². The minimum absolute atomic E-state index is 0.538. The van der Waals surface area contributed by atoms with Crippen LogP contribution in [0.1, 0.15) is 130 Å². The summed E-state index contributed by atoms with van der Waals surface area (Å²) in [6, 6.07) is 0. The van der Waals surface area contributed by atoms with Crippen molar-refractivity contribution in [3.63, 3.8) is 0 Å². The molecule has 0 amide bonds. The molecule has 1 saturated carbocycles. The van der Waals surface area contributed by atoms with Gasteiger partial charge in [-0.25, -0.2) is 0 Å². The van der Waals surface area contributed by atoms with Crippen molar-refractivity contribution in [3.8, 4) is 0 Å². The standard InChI is InChI=1S/C25H50S3/c1-4-7-10-15-20-26-24-18-13-14-19-25(23-24,27-21-16-11-8-5-2)28-22-17-12-9-6-3/h24H,4-23H2,1-3H3. The maximum absolute atomic E-state index is 2.37. The molecule has 0 nitrogen and oxygen atoms in total. The Kier molecular flexibility index (Phi) is 18.2. The zero-order valence-corrected chi connectivity index (χ0v) is 21.9. The molecule has 1 unspecified atom stereocenters. The Morgan fingerprint density at radius 1 is 0.643 bits per heavy atom. The Balaban J connectivity index is 2.51. The van der Waals surface area contributed by atoms with E-state index in [-0.39, 0.29) is 0 Å². The third kappa shape index (κ3) is 13.4. The number of thioether (sulfide) groups is 3. The number of rotatable bonds is 18. The lowest BCUT2D eigenvalue weighted by Gasteiger charge is -2.34. The van der Waals surface area contributed by atoms with E-state index < -0.39 is 0 Å². The van der Waals surface area contributed by atoms with Gasteiger partial charge in [0.15, 0.2) is 0 Å². The summed E-state index contributed by atoms with van der Waals surface area (Å²) < 4.78 is 0.538. The second kappa shape index (κ2) is 18.8. The van der Waals surface area contributed by atoms with E-state index >= 15 is 0 Å². The van der Waals surface area contributed by atoms with Gasteiger partial charge >= 0.3 is 0 Å². The molecule has 0 bridgehead atoms. The van der Waals surface area contributed by atoms with Crippen LogP contribution in [0.5, 0.6) is 0 Å². The van der Waals surface area contributed by atoms with Crippen molar-refractivity contribution in [3.05, 3.63) is 0 Å². The van der Waals surface area contributed by atoms with Crippen LogP contribution in [0.25, 0.3) is 0 Å². The van der Waals surface area contributed by atoms with Gasteiger partial charge in [-0.05, 0) is 55.8 Å². The van der Waals surface area contributed by atoms with E-state index in [1.807, 2.05) is 0 Å². The molecule has 1 fully saturated rings. The highest BCUT2D eigenvalue weighted by molar-refractivity contribution is 8.18. The number of hydrogen-bond acceptors (Lipinski definition) is 3. The Morgan fingerprint density at radius 2 is 1.18 bits per heavy atom. The lowest BCUT2D eigenvalue weighted by molar-refractivity contribution is 0.666. The molecule has 168 valence electrons. The van der Waals surface area contributed by atoms with Gasteiger partial charge in [0.05, 0.1) is 4.08 Å². The molecule has 0 aliphatic heterocycles. The van der Waals surface area contributed by atoms with Crippen molar-refractivity contribution in [2.75, 3.05) is 17.3 Å². The summed E-state index contributed by atoms with van der Waals surface area (Å²) in [4.78, 5) is 0.